The van der Waals surface area contributed by atoms with Crippen molar-refractivity contribution in [2.45, 2.75) is 38.8 Å². The van der Waals surface area contributed by atoms with Crippen molar-refractivity contribution >= 4 is 0 Å². The molecule has 0 aliphatic heterocycles. The van der Waals surface area contributed by atoms with Crippen molar-refractivity contribution in [2.24, 2.45) is 5.73 Å². The topological polar surface area (TPSA) is 76.1 Å². The van der Waals surface area contributed by atoms with E-state index in [0.717, 1.165) is 38.0 Å². The second kappa shape index (κ2) is 8.22. The van der Waals surface area contributed by atoms with Gasteiger partial charge in [0.2, 0.25) is 0 Å². The number of unbranched alkanes of at least 4 members (excludes halogenated alkanes) is 2. The SMILES string of the molecule is CCn1cncc1C(CN)NCCCCCO. The Kier molecular flexibility index (Phi) is 6.84. The van der Waals surface area contributed by atoms with Crippen LogP contribution < -0.4 is 11.1 Å². The van der Waals surface area contributed by atoms with E-state index in [9.17, 15) is 0 Å². The molecule has 0 bridgehead atoms. The lowest BCUT2D eigenvalue weighted by atomic mass is 10.2. The van der Waals surface area contributed by atoms with E-state index in [1.54, 1.807) is 0 Å². The Bertz CT molecular complexity index is 300. The number of nitrogens with two attached hydrogens (primary N) is 1. The van der Waals surface area contributed by atoms with Crippen LogP contribution in [0.3, 0.4) is 0 Å². The van der Waals surface area contributed by atoms with Gasteiger partial charge in [0.05, 0.1) is 18.1 Å². The molecule has 17 heavy (non-hydrogen) atoms. The lowest BCUT2D eigenvalue weighted by Crippen LogP contribution is -2.30. The molecule has 4 N–H and O–H groups in total. The minimum absolute atomic E-state index is 0.173. The van der Waals surface area contributed by atoms with Crippen LogP contribution in [0.2, 0.25) is 0 Å². The quantitative estimate of drug-likeness (QED) is 0.554. The molecule has 0 saturated carbocycles. The summed E-state index contributed by atoms with van der Waals surface area (Å²) >= 11 is 0. The highest BCUT2D eigenvalue weighted by molar-refractivity contribution is 5.05. The summed E-state index contributed by atoms with van der Waals surface area (Å²) in [4.78, 5) is 4.15. The predicted octanol–water partition coefficient (Wildman–Crippen LogP) is 0.655. The van der Waals surface area contributed by atoms with Crippen LogP contribution in [0.15, 0.2) is 12.5 Å². The van der Waals surface area contributed by atoms with Crippen molar-refractivity contribution in [1.82, 2.24) is 14.9 Å². The maximum atomic E-state index is 8.69. The molecule has 5 nitrogen and oxygen atoms in total. The Morgan fingerprint density at radius 1 is 1.47 bits per heavy atom. The van der Waals surface area contributed by atoms with Gasteiger partial charge in [0.15, 0.2) is 0 Å². The maximum absolute atomic E-state index is 8.69. The zero-order chi connectivity index (χ0) is 12.5. The minimum Gasteiger partial charge on any atom is -0.396 e. The van der Waals surface area contributed by atoms with Crippen molar-refractivity contribution in [2.75, 3.05) is 19.7 Å². The molecule has 0 aliphatic carbocycles. The van der Waals surface area contributed by atoms with Gasteiger partial charge in [0, 0.05) is 25.9 Å². The molecule has 98 valence electrons. The number of nitrogens with zero attached hydrogens (tertiary/aromatic N) is 2. The Hall–Kier alpha value is -0.910. The molecule has 0 spiro atoms. The van der Waals surface area contributed by atoms with Crippen LogP contribution in [0.5, 0.6) is 0 Å². The molecular formula is C12H24N4O. The summed E-state index contributed by atoms with van der Waals surface area (Å²) in [5.41, 5.74) is 6.94. The number of aliphatic hydroxyl groups is 1. The molecule has 1 heterocycles. The first kappa shape index (κ1) is 14.2. The Morgan fingerprint density at radius 3 is 2.94 bits per heavy atom. The van der Waals surface area contributed by atoms with Gasteiger partial charge >= 0.3 is 0 Å². The lowest BCUT2D eigenvalue weighted by molar-refractivity contribution is 0.282. The monoisotopic (exact) mass is 240 g/mol. The van der Waals surface area contributed by atoms with Crippen LogP contribution in [0.1, 0.15) is 37.9 Å². The van der Waals surface area contributed by atoms with Crippen LogP contribution in [0, 0.1) is 0 Å². The number of aromatic nitrogens is 2. The van der Waals surface area contributed by atoms with Gasteiger partial charge in [-0.25, -0.2) is 4.98 Å². The second-order valence-corrected chi connectivity index (χ2v) is 4.13. The highest BCUT2D eigenvalue weighted by Gasteiger charge is 2.12. The predicted molar refractivity (Wildman–Crippen MR) is 68.6 cm³/mol. The van der Waals surface area contributed by atoms with Gasteiger partial charge in [-0.15, -0.1) is 0 Å². The van der Waals surface area contributed by atoms with Crippen LogP contribution in [0.4, 0.5) is 0 Å². The molecule has 0 saturated heterocycles. The van der Waals surface area contributed by atoms with Gasteiger partial charge in [-0.05, 0) is 32.7 Å². The van der Waals surface area contributed by atoms with Gasteiger partial charge in [0.1, 0.15) is 0 Å². The molecule has 0 aliphatic rings. The third-order valence-electron chi connectivity index (χ3n) is 2.90. The van der Waals surface area contributed by atoms with Gasteiger partial charge in [0.25, 0.3) is 0 Å². The standard InChI is InChI=1S/C12H24N4O/c1-2-16-10-14-9-12(16)11(8-13)15-6-4-3-5-7-17/h9-11,15,17H,2-8,13H2,1H3. The van der Waals surface area contributed by atoms with Crippen molar-refractivity contribution in [3.05, 3.63) is 18.2 Å². The zero-order valence-corrected chi connectivity index (χ0v) is 10.6. The maximum Gasteiger partial charge on any atom is 0.0948 e. The van der Waals surface area contributed by atoms with E-state index >= 15 is 0 Å². The van der Waals surface area contributed by atoms with Crippen molar-refractivity contribution in [3.63, 3.8) is 0 Å². The van der Waals surface area contributed by atoms with Gasteiger partial charge in [-0.3, -0.25) is 0 Å². The van der Waals surface area contributed by atoms with E-state index in [2.05, 4.69) is 21.8 Å². The van der Waals surface area contributed by atoms with E-state index in [4.69, 9.17) is 10.8 Å². The summed E-state index contributed by atoms with van der Waals surface area (Å²) in [5, 5.41) is 12.1. The number of nitrogens with one attached hydrogen (secondary N) is 1. The van der Waals surface area contributed by atoms with E-state index in [1.165, 1.54) is 0 Å². The van der Waals surface area contributed by atoms with Crippen LogP contribution in [-0.2, 0) is 6.54 Å². The molecule has 1 rings (SSSR count). The molecule has 5 heteroatoms. The molecular weight excluding hydrogens is 216 g/mol. The number of hydrogen-bond donors (Lipinski definition) is 3. The lowest BCUT2D eigenvalue weighted by Gasteiger charge is -2.18. The number of rotatable bonds is 9. The second-order valence-electron chi connectivity index (χ2n) is 4.13. The van der Waals surface area contributed by atoms with Crippen LogP contribution >= 0.6 is 0 Å². The van der Waals surface area contributed by atoms with Crippen LogP contribution in [-0.4, -0.2) is 34.4 Å². The summed E-state index contributed by atoms with van der Waals surface area (Å²) in [6.45, 7) is 4.80. The van der Waals surface area contributed by atoms with E-state index in [-0.39, 0.29) is 12.6 Å². The first-order valence-corrected chi connectivity index (χ1v) is 6.37. The van der Waals surface area contributed by atoms with E-state index in [1.807, 2.05) is 12.5 Å². The molecule has 0 aromatic carbocycles. The third kappa shape index (κ3) is 4.46. The van der Waals surface area contributed by atoms with E-state index in [0.29, 0.717) is 6.54 Å². The Balaban J connectivity index is 2.38. The van der Waals surface area contributed by atoms with Gasteiger partial charge in [-0.1, -0.05) is 0 Å². The Morgan fingerprint density at radius 2 is 2.29 bits per heavy atom. The first-order valence-electron chi connectivity index (χ1n) is 6.37. The van der Waals surface area contributed by atoms with E-state index < -0.39 is 0 Å². The minimum atomic E-state index is 0.173. The fourth-order valence-corrected chi connectivity index (χ4v) is 1.88. The molecule has 1 atom stereocenters. The number of hydrogen-bond acceptors (Lipinski definition) is 4. The van der Waals surface area contributed by atoms with Crippen molar-refractivity contribution in [1.29, 1.82) is 0 Å². The highest BCUT2D eigenvalue weighted by atomic mass is 16.2. The van der Waals surface area contributed by atoms with Crippen molar-refractivity contribution in [3.8, 4) is 0 Å². The average Bonchev–Trinajstić information content (AvgIpc) is 2.82. The average molecular weight is 240 g/mol. The van der Waals surface area contributed by atoms with Gasteiger partial charge < -0.3 is 20.7 Å². The van der Waals surface area contributed by atoms with Crippen LogP contribution in [0.25, 0.3) is 0 Å². The Labute approximate surface area is 103 Å². The molecule has 0 amide bonds. The number of imidazole rings is 1. The zero-order valence-electron chi connectivity index (χ0n) is 10.6. The molecule has 0 radical (unpaired) electrons. The molecule has 1 unspecified atom stereocenters. The fourth-order valence-electron chi connectivity index (χ4n) is 1.88. The summed E-state index contributed by atoms with van der Waals surface area (Å²) in [6, 6.07) is 0.173. The normalized spacial score (nSPS) is 12.9. The summed E-state index contributed by atoms with van der Waals surface area (Å²) in [5.74, 6) is 0. The third-order valence-corrected chi connectivity index (χ3v) is 2.90. The molecule has 1 aromatic heterocycles. The fraction of sp³-hybridized carbons (Fsp3) is 0.750. The highest BCUT2D eigenvalue weighted by Crippen LogP contribution is 2.11. The largest absolute Gasteiger partial charge is 0.396 e. The summed E-state index contributed by atoms with van der Waals surface area (Å²) < 4.78 is 2.11. The summed E-state index contributed by atoms with van der Waals surface area (Å²) in [6.07, 6.45) is 6.71. The summed E-state index contributed by atoms with van der Waals surface area (Å²) in [7, 11) is 0. The molecule has 0 fully saturated rings. The first-order chi connectivity index (χ1) is 8.33. The number of aliphatic hydroxyl groups excluding tert-OH is 1. The van der Waals surface area contributed by atoms with Crippen molar-refractivity contribution < 1.29 is 5.11 Å². The number of aryl methyl sites for hydroxylation is 1. The molecule has 1 aromatic rings. The van der Waals surface area contributed by atoms with Gasteiger partial charge in [-0.2, -0.15) is 0 Å². The smallest absolute Gasteiger partial charge is 0.0948 e.